The Morgan fingerprint density at radius 1 is 0.686 bits per heavy atom. The zero-order chi connectivity index (χ0) is 60.3. The van der Waals surface area contributed by atoms with E-state index >= 15 is 0 Å². The highest BCUT2D eigenvalue weighted by Crippen LogP contribution is 2.57. The molecule has 0 fully saturated rings. The highest BCUT2D eigenvalue weighted by atomic mass is 127. The van der Waals surface area contributed by atoms with E-state index in [1.165, 1.54) is 24.3 Å². The number of aromatic hydroxyl groups is 2. The third-order valence-corrected chi connectivity index (χ3v) is 17.1. The Bertz CT molecular complexity index is 4160. The van der Waals surface area contributed by atoms with Crippen molar-refractivity contribution in [3.63, 3.8) is 0 Å². The van der Waals surface area contributed by atoms with E-state index in [0.717, 1.165) is 36.4 Å². The molecule has 0 aliphatic carbocycles. The molecule has 0 saturated heterocycles. The number of anilines is 3. The number of benzene rings is 5. The molecule has 4 aliphatic heterocycles. The first kappa shape index (κ1) is 58.2. The molecular weight excluding hydrogens is 1360 g/mol. The molecule has 22 nitrogen and oxygen atoms in total. The van der Waals surface area contributed by atoms with E-state index in [1.54, 1.807) is 24.3 Å². The van der Waals surface area contributed by atoms with Gasteiger partial charge in [0.1, 0.15) is 34.6 Å². The minimum Gasteiger partial charge on any atom is -0.508 e. The van der Waals surface area contributed by atoms with Gasteiger partial charge in [-0.1, -0.05) is 33.8 Å². The summed E-state index contributed by atoms with van der Waals surface area (Å²) in [6, 6.07) is 22.3. The molecule has 0 bridgehead atoms. The topological polar surface area (TPSA) is 279 Å². The van der Waals surface area contributed by atoms with Crippen LogP contribution in [0.4, 0.5) is 26.1 Å². The zero-order valence-corrected chi connectivity index (χ0v) is 51.7. The first-order valence-corrected chi connectivity index (χ1v) is 29.9. The summed E-state index contributed by atoms with van der Waals surface area (Å²) in [5.41, 5.74) is 16.5. The monoisotopic (exact) mass is 1410 g/mol. The number of nitrogens with one attached hydrogen (secondary N) is 2. The molecule has 0 radical (unpaired) electrons. The van der Waals surface area contributed by atoms with Crippen molar-refractivity contribution in [3.8, 4) is 46.0 Å². The van der Waals surface area contributed by atoms with Crippen LogP contribution in [0, 0.1) is 31.1 Å². The fourth-order valence-electron chi connectivity index (χ4n) is 10.9. The normalized spacial score (nSPS) is 13.9. The standard InChI is InChI=1S/C40H33FIN7O7S.C19H22FIN6O2/c1-19(2)17-48(9-10-49-33(45-34-35(43)46-38(41)47-36(34)49)12-20-11-31-32(16-28(20)42)54-18-53-31)39(57)44-21-3-6-25-24(13-21)37(52)56-40(25)26-7-4-22(50)14-29(26)55-30-15-23(51)5-8-27(30)40;1-10(2)8-23-3-4-27-15(24-16-17(22)25-19(20)26-18(16)27)6-11-5-13-14(7-12(11)21)29-9-28-13/h3-8,11,13-16,19,50-51H,9-10,12,17-18H2,1-2H3,(H,44,57)(H2,43,46,47);5,7,10,23H,3-4,6,8-9H2,1-2H3,(H2,22,25,26). The maximum absolute atomic E-state index is 14.6. The summed E-state index contributed by atoms with van der Waals surface area (Å²) in [5.74, 6) is 4.79. The van der Waals surface area contributed by atoms with E-state index in [2.05, 4.69) is 108 Å². The summed E-state index contributed by atoms with van der Waals surface area (Å²) in [5, 5.41) is 27.6. The van der Waals surface area contributed by atoms with Crippen LogP contribution in [0.2, 0.25) is 0 Å². The number of phenolic OH excluding ortho intramolecular Hbond substituents is 2. The molecular formula is C59H55F2I2N13O9S. The number of esters is 1. The van der Waals surface area contributed by atoms with Gasteiger partial charge in [0.05, 0.1) is 5.56 Å². The van der Waals surface area contributed by atoms with Crippen LogP contribution in [-0.4, -0.2) is 105 Å². The number of rotatable bonds is 15. The Kier molecular flexibility index (Phi) is 16.0. The number of hydrogen-bond acceptors (Lipinski definition) is 19. The van der Waals surface area contributed by atoms with Crippen molar-refractivity contribution in [3.05, 3.63) is 143 Å². The minimum atomic E-state index is -1.39. The van der Waals surface area contributed by atoms with Crippen LogP contribution in [0.3, 0.4) is 0 Å². The van der Waals surface area contributed by atoms with E-state index in [4.69, 9.17) is 57.1 Å². The van der Waals surface area contributed by atoms with Crippen molar-refractivity contribution in [2.24, 2.45) is 11.8 Å². The molecule has 0 unspecified atom stereocenters. The molecule has 13 rings (SSSR count). The van der Waals surface area contributed by atoms with E-state index < -0.39 is 23.7 Å². The lowest BCUT2D eigenvalue weighted by Crippen LogP contribution is -2.39. The number of halogens is 4. The lowest BCUT2D eigenvalue weighted by molar-refractivity contribution is 0.0224. The van der Waals surface area contributed by atoms with Gasteiger partial charge < -0.3 is 74.8 Å². The van der Waals surface area contributed by atoms with Crippen LogP contribution < -0.4 is 45.8 Å². The average Bonchev–Trinajstić information content (AvgIpc) is 1.44. The molecule has 27 heteroatoms. The van der Waals surface area contributed by atoms with E-state index in [0.29, 0.717) is 124 Å². The third kappa shape index (κ3) is 11.3. The van der Waals surface area contributed by atoms with Gasteiger partial charge in [-0.15, -0.1) is 0 Å². The van der Waals surface area contributed by atoms with Gasteiger partial charge >= 0.3 is 18.1 Å². The SMILES string of the molecule is CC(C)CN(CCn1c(Cc2cc3c(cc2I)OCO3)nc2c(N)nc(F)nc21)C(=S)Nc1ccc2c(c1)C(=O)OC21c2ccc(O)cc2Oc2cc(O)ccc21.CC(C)CNCCn1c(Cc2cc3c(cc2I)OCO3)nc2c(N)nc(F)nc21. The van der Waals surface area contributed by atoms with Gasteiger partial charge in [-0.3, -0.25) is 0 Å². The second kappa shape index (κ2) is 23.6. The van der Waals surface area contributed by atoms with Crippen LogP contribution in [0.15, 0.2) is 78.9 Å². The van der Waals surface area contributed by atoms with Crippen molar-refractivity contribution in [1.29, 1.82) is 0 Å². The fraction of sp³-hybridized carbons (Fsp3) is 0.288. The Morgan fingerprint density at radius 2 is 1.20 bits per heavy atom. The minimum absolute atomic E-state index is 0.0300. The first-order valence-electron chi connectivity index (χ1n) is 27.3. The smallest absolute Gasteiger partial charge is 0.340 e. The molecule has 86 heavy (non-hydrogen) atoms. The second-order valence-corrected chi connectivity index (χ2v) is 24.3. The summed E-state index contributed by atoms with van der Waals surface area (Å²) in [4.78, 5) is 40.5. The number of nitrogens with two attached hydrogens (primary N) is 2. The fourth-order valence-corrected chi connectivity index (χ4v) is 12.4. The molecule has 9 aromatic rings. The number of aromatic nitrogens is 8. The molecule has 1 spiro atoms. The van der Waals surface area contributed by atoms with Crippen LogP contribution in [0.5, 0.6) is 46.0 Å². The van der Waals surface area contributed by atoms with E-state index in [1.807, 2.05) is 44.4 Å². The van der Waals surface area contributed by atoms with Gasteiger partial charge in [-0.2, -0.15) is 28.7 Å². The number of hydrogen-bond donors (Lipinski definition) is 6. The number of nitrogens with zero attached hydrogens (tertiary/aromatic N) is 9. The highest BCUT2D eigenvalue weighted by molar-refractivity contribution is 14.1. The Morgan fingerprint density at radius 3 is 1.72 bits per heavy atom. The van der Waals surface area contributed by atoms with Crippen molar-refractivity contribution >= 4 is 108 Å². The van der Waals surface area contributed by atoms with E-state index in [9.17, 15) is 23.8 Å². The Hall–Kier alpha value is -8.16. The molecule has 0 atom stereocenters. The van der Waals surface area contributed by atoms with Gasteiger partial charge in [0.2, 0.25) is 13.6 Å². The van der Waals surface area contributed by atoms with Crippen LogP contribution in [0.25, 0.3) is 22.3 Å². The molecule has 4 aromatic heterocycles. The van der Waals surface area contributed by atoms with Gasteiger partial charge in [0.25, 0.3) is 0 Å². The number of nitrogen functional groups attached to an aromatic ring is 2. The summed E-state index contributed by atoms with van der Waals surface area (Å²) in [6.45, 7) is 12.3. The van der Waals surface area contributed by atoms with E-state index in [-0.39, 0.29) is 59.8 Å². The maximum atomic E-state index is 14.6. The molecule has 5 aromatic carbocycles. The van der Waals surface area contributed by atoms with Gasteiger partial charge in [0.15, 0.2) is 67.7 Å². The van der Waals surface area contributed by atoms with Crippen molar-refractivity contribution in [2.45, 2.75) is 59.2 Å². The van der Waals surface area contributed by atoms with Crippen molar-refractivity contribution in [1.82, 2.24) is 49.3 Å². The number of carbonyl (C=O) groups is 1. The number of thiocarbonyl (C=S) groups is 1. The average molecular weight is 1410 g/mol. The predicted octanol–water partition coefficient (Wildman–Crippen LogP) is 9.52. The Labute approximate surface area is 522 Å². The first-order chi connectivity index (χ1) is 41.3. The summed E-state index contributed by atoms with van der Waals surface area (Å²) in [6.07, 6.45) is -0.913. The Balaban J connectivity index is 0.000000209. The quantitative estimate of drug-likeness (QED) is 0.0183. The van der Waals surface area contributed by atoms with Gasteiger partial charge in [0, 0.05) is 87.2 Å². The molecule has 0 amide bonds. The molecule has 8 N–H and O–H groups in total. The lowest BCUT2D eigenvalue weighted by Gasteiger charge is -2.36. The van der Waals surface area contributed by atoms with Crippen molar-refractivity contribution < 1.29 is 52.2 Å². The van der Waals surface area contributed by atoms with Crippen LogP contribution in [0.1, 0.15) is 77.5 Å². The number of ether oxygens (including phenoxy) is 6. The maximum Gasteiger partial charge on any atom is 0.340 e. The van der Waals surface area contributed by atoms with Crippen LogP contribution >= 0.6 is 57.4 Å². The second-order valence-electron chi connectivity index (χ2n) is 21.6. The zero-order valence-electron chi connectivity index (χ0n) is 46.6. The summed E-state index contributed by atoms with van der Waals surface area (Å²) in [7, 11) is 0. The van der Waals surface area contributed by atoms with Crippen molar-refractivity contribution in [2.75, 3.05) is 56.5 Å². The van der Waals surface area contributed by atoms with Crippen LogP contribution in [-0.2, 0) is 36.3 Å². The molecule has 8 heterocycles. The summed E-state index contributed by atoms with van der Waals surface area (Å²) < 4.78 is 68.6. The summed E-state index contributed by atoms with van der Waals surface area (Å²) >= 11 is 10.5. The molecule has 0 saturated carbocycles. The lowest BCUT2D eigenvalue weighted by atomic mass is 9.77. The van der Waals surface area contributed by atoms with Gasteiger partial charge in [-0.25, -0.2) is 14.8 Å². The molecule has 444 valence electrons. The number of fused-ring (bicyclic) bond motifs is 10. The predicted molar refractivity (Wildman–Crippen MR) is 334 cm³/mol. The third-order valence-electron chi connectivity index (χ3n) is 14.7. The molecule has 4 aliphatic rings. The highest BCUT2D eigenvalue weighted by Gasteiger charge is 2.54. The van der Waals surface area contributed by atoms with Gasteiger partial charge in [-0.05, 0) is 148 Å². The number of carbonyl (C=O) groups excluding carboxylic acids is 1. The largest absolute Gasteiger partial charge is 0.508 e. The number of phenols is 2. The number of imidazole rings is 2.